The fourth-order valence-electron chi connectivity index (χ4n) is 7.59. The molecule has 2 N–H and O–H groups in total. The molecule has 4 heteroatoms. The Kier molecular flexibility index (Phi) is 3.95. The summed E-state index contributed by atoms with van der Waals surface area (Å²) in [7, 11) is 0. The van der Waals surface area contributed by atoms with Gasteiger partial charge in [-0.15, -0.1) is 0 Å². The maximum Gasteiger partial charge on any atom is 0.226 e. The molecule has 4 aliphatic carbocycles. The lowest BCUT2D eigenvalue weighted by Gasteiger charge is -2.65. The highest BCUT2D eigenvalue weighted by Gasteiger charge is 2.64. The second-order valence-corrected chi connectivity index (χ2v) is 10.3. The highest BCUT2D eigenvalue weighted by molar-refractivity contribution is 5.84. The lowest BCUT2D eigenvalue weighted by Crippen LogP contribution is -2.63. The third-order valence-corrected chi connectivity index (χ3v) is 7.94. The number of hydrogen-bond acceptors (Lipinski definition) is 2. The van der Waals surface area contributed by atoms with Gasteiger partial charge in [0.05, 0.1) is 11.5 Å². The van der Waals surface area contributed by atoms with Gasteiger partial charge in [-0.25, -0.2) is 4.39 Å². The molecule has 5 fully saturated rings. The lowest BCUT2D eigenvalue weighted by atomic mass is 9.38. The molecule has 6 rings (SSSR count). The molecule has 2 unspecified atom stereocenters. The van der Waals surface area contributed by atoms with Crippen LogP contribution in [-0.4, -0.2) is 31.2 Å². The van der Waals surface area contributed by atoms with Gasteiger partial charge in [-0.05, 0) is 73.8 Å². The molecular weight excluding hydrogens is 339 g/mol. The van der Waals surface area contributed by atoms with Gasteiger partial charge < -0.3 is 10.6 Å². The van der Waals surface area contributed by atoms with Crippen LogP contribution in [0.4, 0.5) is 4.39 Å². The first-order valence-corrected chi connectivity index (χ1v) is 10.6. The zero-order valence-electron chi connectivity index (χ0n) is 16.3. The van der Waals surface area contributed by atoms with Gasteiger partial charge in [0.15, 0.2) is 0 Å². The maximum absolute atomic E-state index is 14.3. The number of carbonyl (C=O) groups excluding carboxylic acids is 1. The van der Waals surface area contributed by atoms with E-state index in [4.69, 9.17) is 0 Å². The second kappa shape index (κ2) is 6.04. The van der Waals surface area contributed by atoms with Crippen molar-refractivity contribution < 1.29 is 9.18 Å². The van der Waals surface area contributed by atoms with E-state index in [0.29, 0.717) is 18.9 Å². The molecule has 0 aromatic heterocycles. The zero-order chi connectivity index (χ0) is 18.7. The van der Waals surface area contributed by atoms with Gasteiger partial charge >= 0.3 is 0 Å². The molecule has 0 spiro atoms. The van der Waals surface area contributed by atoms with Crippen molar-refractivity contribution >= 4 is 5.91 Å². The number of benzene rings is 1. The van der Waals surface area contributed by atoms with E-state index in [1.165, 1.54) is 24.8 Å². The Morgan fingerprint density at radius 3 is 2.70 bits per heavy atom. The fourth-order valence-corrected chi connectivity index (χ4v) is 7.59. The van der Waals surface area contributed by atoms with E-state index in [0.717, 1.165) is 25.8 Å². The molecule has 1 amide bonds. The molecule has 27 heavy (non-hydrogen) atoms. The van der Waals surface area contributed by atoms with Gasteiger partial charge in [0, 0.05) is 6.54 Å². The average molecular weight is 371 g/mol. The van der Waals surface area contributed by atoms with Crippen LogP contribution in [0, 0.1) is 16.7 Å². The molecule has 3 nitrogen and oxygen atoms in total. The first-order valence-electron chi connectivity index (χ1n) is 10.6. The molecule has 6 atom stereocenters. The Morgan fingerprint density at radius 2 is 1.96 bits per heavy atom. The fraction of sp³-hybridized carbons (Fsp3) is 0.696. The van der Waals surface area contributed by atoms with Crippen molar-refractivity contribution in [2.45, 2.75) is 69.5 Å². The normalized spacial score (nSPS) is 45.6. The van der Waals surface area contributed by atoms with Gasteiger partial charge in [-0.3, -0.25) is 4.79 Å². The van der Waals surface area contributed by atoms with Gasteiger partial charge in [0.25, 0.3) is 0 Å². The van der Waals surface area contributed by atoms with Crippen molar-refractivity contribution in [3.8, 4) is 0 Å². The minimum atomic E-state index is -0.977. The van der Waals surface area contributed by atoms with Crippen LogP contribution in [0.5, 0.6) is 0 Å². The van der Waals surface area contributed by atoms with Crippen LogP contribution in [0.2, 0.25) is 0 Å². The van der Waals surface area contributed by atoms with Crippen LogP contribution in [0.3, 0.4) is 0 Å². The molecule has 4 saturated carbocycles. The predicted molar refractivity (Wildman–Crippen MR) is 104 cm³/mol. The van der Waals surface area contributed by atoms with Crippen LogP contribution in [-0.2, 0) is 10.2 Å². The average Bonchev–Trinajstić information content (AvgIpc) is 2.62. The van der Waals surface area contributed by atoms with Gasteiger partial charge in [-0.1, -0.05) is 37.3 Å². The van der Waals surface area contributed by atoms with Crippen molar-refractivity contribution in [3.63, 3.8) is 0 Å². The first kappa shape index (κ1) is 17.7. The number of carbonyl (C=O) groups is 1. The molecule has 5 aliphatic rings. The summed E-state index contributed by atoms with van der Waals surface area (Å²) in [4.78, 5) is 13.5. The van der Waals surface area contributed by atoms with Gasteiger partial charge in [0.2, 0.25) is 5.91 Å². The minimum absolute atomic E-state index is 0.121. The van der Waals surface area contributed by atoms with E-state index < -0.39 is 6.17 Å². The van der Waals surface area contributed by atoms with E-state index >= 15 is 0 Å². The van der Waals surface area contributed by atoms with Gasteiger partial charge in [-0.2, -0.15) is 0 Å². The summed E-state index contributed by atoms with van der Waals surface area (Å²) in [6, 6.07) is 10.5. The summed E-state index contributed by atoms with van der Waals surface area (Å²) in [5.41, 5.74) is 1.45. The molecule has 1 aliphatic heterocycles. The Balaban J connectivity index is 1.46. The van der Waals surface area contributed by atoms with Crippen molar-refractivity contribution in [2.75, 3.05) is 13.1 Å². The lowest BCUT2D eigenvalue weighted by molar-refractivity contribution is -0.161. The highest BCUT2D eigenvalue weighted by atomic mass is 19.1. The number of nitrogens with one attached hydrogen (secondary N) is 2. The van der Waals surface area contributed by atoms with E-state index in [-0.39, 0.29) is 28.2 Å². The van der Waals surface area contributed by atoms with Crippen molar-refractivity contribution in [3.05, 3.63) is 35.9 Å². The topological polar surface area (TPSA) is 41.1 Å². The molecule has 146 valence electrons. The summed E-state index contributed by atoms with van der Waals surface area (Å²) in [5, 5.41) is 6.24. The van der Waals surface area contributed by atoms with Crippen LogP contribution in [0.25, 0.3) is 0 Å². The van der Waals surface area contributed by atoms with Crippen molar-refractivity contribution in [1.29, 1.82) is 0 Å². The van der Waals surface area contributed by atoms with E-state index in [9.17, 15) is 9.18 Å². The summed E-state index contributed by atoms with van der Waals surface area (Å²) < 4.78 is 14.3. The smallest absolute Gasteiger partial charge is 0.226 e. The standard InChI is InChI=1S/C23H31FN2O/c1-21-9-16-10-22(13-21,17-5-3-2-4-6-17)15-23(11-16,14-21)20(27)26-19-7-8-25-12-18(19)24/h2-6,16,18-19,25H,7-15H2,1H3,(H,26,27)/t16?,18-,19-,21+,22+,23?/m1/s1. The Hall–Kier alpha value is -1.42. The number of amides is 1. The highest BCUT2D eigenvalue weighted by Crippen LogP contribution is 2.70. The van der Waals surface area contributed by atoms with Crippen LogP contribution in [0.15, 0.2) is 30.3 Å². The SMILES string of the molecule is C[C@@]12CC3CC(C(=O)N[C@@H]4CCNC[C@H]4F)(C1)C[C@](c1ccccc1)(C3)C2. The van der Waals surface area contributed by atoms with Crippen LogP contribution in [0.1, 0.15) is 57.4 Å². The summed E-state index contributed by atoms with van der Waals surface area (Å²) >= 11 is 0. The van der Waals surface area contributed by atoms with Gasteiger partial charge in [0.1, 0.15) is 6.17 Å². The quantitative estimate of drug-likeness (QED) is 0.851. The molecule has 0 radical (unpaired) electrons. The molecule has 1 saturated heterocycles. The van der Waals surface area contributed by atoms with Crippen LogP contribution >= 0.6 is 0 Å². The molecule has 1 aromatic carbocycles. The molecular formula is C23H31FN2O. The van der Waals surface area contributed by atoms with Crippen LogP contribution < -0.4 is 10.6 Å². The number of halogens is 1. The number of alkyl halides is 1. The Labute approximate surface area is 161 Å². The minimum Gasteiger partial charge on any atom is -0.350 e. The first-order chi connectivity index (χ1) is 12.9. The Bertz CT molecular complexity index is 739. The summed E-state index contributed by atoms with van der Waals surface area (Å²) in [5.74, 6) is 0.749. The van der Waals surface area contributed by atoms with E-state index in [1.807, 2.05) is 0 Å². The molecule has 1 aromatic rings. The predicted octanol–water partition coefficient (Wildman–Crippen LogP) is 3.73. The summed E-state index contributed by atoms with van der Waals surface area (Å²) in [6.45, 7) is 3.53. The zero-order valence-corrected chi connectivity index (χ0v) is 16.3. The monoisotopic (exact) mass is 370 g/mol. The molecule has 4 bridgehead atoms. The maximum atomic E-state index is 14.3. The largest absolute Gasteiger partial charge is 0.350 e. The molecule has 1 heterocycles. The third-order valence-electron chi connectivity index (χ3n) is 7.94. The Morgan fingerprint density at radius 1 is 1.15 bits per heavy atom. The number of hydrogen-bond donors (Lipinski definition) is 2. The van der Waals surface area contributed by atoms with Crippen molar-refractivity contribution in [1.82, 2.24) is 10.6 Å². The number of rotatable bonds is 3. The second-order valence-electron chi connectivity index (χ2n) is 10.3. The van der Waals surface area contributed by atoms with E-state index in [1.54, 1.807) is 0 Å². The van der Waals surface area contributed by atoms with E-state index in [2.05, 4.69) is 47.9 Å². The van der Waals surface area contributed by atoms with Crippen molar-refractivity contribution in [2.24, 2.45) is 16.7 Å². The third kappa shape index (κ3) is 2.83. The number of piperidine rings is 1. The summed E-state index contributed by atoms with van der Waals surface area (Å²) in [6.07, 6.45) is 6.25.